The molecule has 2 amide bonds. The number of nitrogens with one attached hydrogen (secondary N) is 1. The molecule has 22 heavy (non-hydrogen) atoms. The van der Waals surface area contributed by atoms with E-state index < -0.39 is 0 Å². The number of nitrogens with zero attached hydrogens (tertiary/aromatic N) is 2. The van der Waals surface area contributed by atoms with Gasteiger partial charge in [0.05, 0.1) is 22.7 Å². The highest BCUT2D eigenvalue weighted by Gasteiger charge is 2.31. The molecule has 2 atom stereocenters. The predicted octanol–water partition coefficient (Wildman–Crippen LogP) is 2.23. The van der Waals surface area contributed by atoms with Crippen LogP contribution in [0.4, 0.5) is 0 Å². The summed E-state index contributed by atoms with van der Waals surface area (Å²) in [6.45, 7) is 6.55. The van der Waals surface area contributed by atoms with Gasteiger partial charge < -0.3 is 10.2 Å². The lowest BCUT2D eigenvalue weighted by Crippen LogP contribution is -2.35. The summed E-state index contributed by atoms with van der Waals surface area (Å²) in [7, 11) is 0. The smallest absolute Gasteiger partial charge is 0.245 e. The van der Waals surface area contributed by atoms with Gasteiger partial charge in [-0.3, -0.25) is 9.59 Å². The van der Waals surface area contributed by atoms with Crippen LogP contribution in [0, 0.1) is 5.92 Å². The van der Waals surface area contributed by atoms with E-state index in [0.29, 0.717) is 25.4 Å². The van der Waals surface area contributed by atoms with E-state index in [2.05, 4.69) is 16.9 Å². The first-order valence-corrected chi connectivity index (χ1v) is 8.63. The van der Waals surface area contributed by atoms with Gasteiger partial charge in [0, 0.05) is 24.4 Å². The zero-order valence-corrected chi connectivity index (χ0v) is 13.6. The molecule has 0 radical (unpaired) electrons. The maximum Gasteiger partial charge on any atom is 0.245 e. The van der Waals surface area contributed by atoms with Gasteiger partial charge in [-0.2, -0.15) is 0 Å². The SMILES string of the molecule is C=CC(=O)N1CCC(C(=O)NC(C)c2csc(C3CC3)n2)C1. The van der Waals surface area contributed by atoms with Crippen LogP contribution in [0.2, 0.25) is 0 Å². The standard InChI is InChI=1S/C16H21N3O2S/c1-3-14(20)19-7-6-12(8-19)15(21)17-10(2)13-9-22-16(18-13)11-4-5-11/h3,9-12H,1,4-8H2,2H3,(H,17,21). The van der Waals surface area contributed by atoms with Crippen LogP contribution in [0.15, 0.2) is 18.0 Å². The van der Waals surface area contributed by atoms with Crippen molar-refractivity contribution >= 4 is 23.2 Å². The molecule has 1 saturated carbocycles. The number of likely N-dealkylation sites (tertiary alicyclic amines) is 1. The van der Waals surface area contributed by atoms with Crippen molar-refractivity contribution in [2.24, 2.45) is 5.92 Å². The minimum Gasteiger partial charge on any atom is -0.348 e. The number of carbonyl (C=O) groups is 2. The average Bonchev–Trinajstić information content (AvgIpc) is 3.06. The van der Waals surface area contributed by atoms with Crippen LogP contribution in [0.1, 0.15) is 48.8 Å². The van der Waals surface area contributed by atoms with E-state index in [1.54, 1.807) is 16.2 Å². The van der Waals surface area contributed by atoms with Crippen molar-refractivity contribution in [1.82, 2.24) is 15.2 Å². The first kappa shape index (κ1) is 15.2. The van der Waals surface area contributed by atoms with Crippen molar-refractivity contribution in [3.63, 3.8) is 0 Å². The van der Waals surface area contributed by atoms with E-state index in [-0.39, 0.29) is 23.8 Å². The third-order valence-electron chi connectivity index (χ3n) is 4.31. The number of hydrogen-bond donors (Lipinski definition) is 1. The summed E-state index contributed by atoms with van der Waals surface area (Å²) in [5, 5.41) is 6.27. The molecule has 1 aliphatic heterocycles. The molecule has 0 spiro atoms. The molecule has 1 aromatic heterocycles. The van der Waals surface area contributed by atoms with E-state index in [4.69, 9.17) is 0 Å². The summed E-state index contributed by atoms with van der Waals surface area (Å²) in [6, 6.07) is -0.0830. The molecule has 2 unspecified atom stereocenters. The largest absolute Gasteiger partial charge is 0.348 e. The topological polar surface area (TPSA) is 62.3 Å². The second-order valence-electron chi connectivity index (χ2n) is 6.09. The van der Waals surface area contributed by atoms with Crippen LogP contribution in [-0.2, 0) is 9.59 Å². The molecule has 3 rings (SSSR count). The van der Waals surface area contributed by atoms with E-state index in [1.807, 2.05) is 12.3 Å². The molecular weight excluding hydrogens is 298 g/mol. The second-order valence-corrected chi connectivity index (χ2v) is 6.98. The molecule has 6 heteroatoms. The molecule has 1 N–H and O–H groups in total. The number of amides is 2. The molecule has 1 aromatic rings. The maximum atomic E-state index is 12.3. The lowest BCUT2D eigenvalue weighted by Gasteiger charge is -2.16. The molecule has 0 aromatic carbocycles. The van der Waals surface area contributed by atoms with Crippen LogP contribution < -0.4 is 5.32 Å². The van der Waals surface area contributed by atoms with Crippen molar-refractivity contribution in [3.8, 4) is 0 Å². The lowest BCUT2D eigenvalue weighted by molar-refractivity contribution is -0.127. The Morgan fingerprint density at radius 1 is 1.50 bits per heavy atom. The monoisotopic (exact) mass is 319 g/mol. The van der Waals surface area contributed by atoms with Gasteiger partial charge in [0.1, 0.15) is 0 Å². The van der Waals surface area contributed by atoms with Gasteiger partial charge in [-0.15, -0.1) is 11.3 Å². The minimum absolute atomic E-state index is 0.00725. The zero-order chi connectivity index (χ0) is 15.7. The Kier molecular flexibility index (Phi) is 4.29. The van der Waals surface area contributed by atoms with Gasteiger partial charge in [0.2, 0.25) is 11.8 Å². The van der Waals surface area contributed by atoms with Crippen molar-refractivity contribution in [1.29, 1.82) is 0 Å². The number of thiazole rings is 1. The summed E-state index contributed by atoms with van der Waals surface area (Å²) in [5.41, 5.74) is 0.942. The van der Waals surface area contributed by atoms with Crippen molar-refractivity contribution in [2.45, 2.75) is 38.1 Å². The first-order valence-electron chi connectivity index (χ1n) is 7.75. The Labute approximate surface area is 134 Å². The molecular formula is C16H21N3O2S. The van der Waals surface area contributed by atoms with Gasteiger partial charge in [-0.25, -0.2) is 4.98 Å². The Bertz CT molecular complexity index is 594. The molecule has 0 bridgehead atoms. The fourth-order valence-electron chi connectivity index (χ4n) is 2.73. The maximum absolute atomic E-state index is 12.3. The second kappa shape index (κ2) is 6.20. The van der Waals surface area contributed by atoms with Gasteiger partial charge >= 0.3 is 0 Å². The van der Waals surface area contributed by atoms with E-state index in [0.717, 1.165) is 5.69 Å². The third kappa shape index (κ3) is 3.21. The van der Waals surface area contributed by atoms with E-state index >= 15 is 0 Å². The molecule has 5 nitrogen and oxygen atoms in total. The van der Waals surface area contributed by atoms with Crippen LogP contribution in [0.3, 0.4) is 0 Å². The van der Waals surface area contributed by atoms with Gasteiger partial charge in [0.25, 0.3) is 0 Å². The fraction of sp³-hybridized carbons (Fsp3) is 0.562. The lowest BCUT2D eigenvalue weighted by atomic mass is 10.1. The average molecular weight is 319 g/mol. The van der Waals surface area contributed by atoms with Gasteiger partial charge in [-0.05, 0) is 32.3 Å². The van der Waals surface area contributed by atoms with Crippen molar-refractivity contribution in [3.05, 3.63) is 28.7 Å². The summed E-state index contributed by atoms with van der Waals surface area (Å²) >= 11 is 1.69. The Balaban J connectivity index is 1.54. The van der Waals surface area contributed by atoms with Crippen LogP contribution in [-0.4, -0.2) is 34.8 Å². The fourth-order valence-corrected chi connectivity index (χ4v) is 3.81. The minimum atomic E-state index is -0.132. The number of aromatic nitrogens is 1. The molecule has 1 saturated heterocycles. The Morgan fingerprint density at radius 3 is 2.95 bits per heavy atom. The Morgan fingerprint density at radius 2 is 2.27 bits per heavy atom. The van der Waals surface area contributed by atoms with E-state index in [1.165, 1.54) is 23.9 Å². The summed E-state index contributed by atoms with van der Waals surface area (Å²) in [5.74, 6) is 0.424. The number of rotatable bonds is 5. The van der Waals surface area contributed by atoms with Crippen LogP contribution in [0.25, 0.3) is 0 Å². The molecule has 2 heterocycles. The van der Waals surface area contributed by atoms with E-state index in [9.17, 15) is 9.59 Å². The molecule has 2 fully saturated rings. The third-order valence-corrected chi connectivity index (χ3v) is 5.34. The highest BCUT2D eigenvalue weighted by atomic mass is 32.1. The zero-order valence-electron chi connectivity index (χ0n) is 12.7. The normalized spacial score (nSPS) is 22.4. The molecule has 1 aliphatic carbocycles. The highest BCUT2D eigenvalue weighted by Crippen LogP contribution is 2.41. The highest BCUT2D eigenvalue weighted by molar-refractivity contribution is 7.09. The first-order chi connectivity index (χ1) is 10.6. The van der Waals surface area contributed by atoms with Crippen molar-refractivity contribution in [2.75, 3.05) is 13.1 Å². The summed E-state index contributed by atoms with van der Waals surface area (Å²) in [4.78, 5) is 30.2. The van der Waals surface area contributed by atoms with Crippen molar-refractivity contribution < 1.29 is 9.59 Å². The van der Waals surface area contributed by atoms with Crippen LogP contribution in [0.5, 0.6) is 0 Å². The Hall–Kier alpha value is -1.69. The van der Waals surface area contributed by atoms with Gasteiger partial charge in [0.15, 0.2) is 0 Å². The van der Waals surface area contributed by atoms with Crippen LogP contribution >= 0.6 is 11.3 Å². The van der Waals surface area contributed by atoms with Gasteiger partial charge in [-0.1, -0.05) is 6.58 Å². The summed E-state index contributed by atoms with van der Waals surface area (Å²) < 4.78 is 0. The number of hydrogen-bond acceptors (Lipinski definition) is 4. The molecule has 2 aliphatic rings. The quantitative estimate of drug-likeness (QED) is 0.847. The molecule has 118 valence electrons. The predicted molar refractivity (Wildman–Crippen MR) is 85.5 cm³/mol. The summed E-state index contributed by atoms with van der Waals surface area (Å²) in [6.07, 6.45) is 4.49. The number of carbonyl (C=O) groups excluding carboxylic acids is 2.